The average Bonchev–Trinajstić information content (AvgIpc) is 2.45. The second kappa shape index (κ2) is 8.71. The van der Waals surface area contributed by atoms with Crippen molar-refractivity contribution in [1.82, 2.24) is 5.32 Å². The molecule has 0 fully saturated rings. The summed E-state index contributed by atoms with van der Waals surface area (Å²) in [6.45, 7) is 3.23. The van der Waals surface area contributed by atoms with Gasteiger partial charge in [0, 0.05) is 19.7 Å². The topological polar surface area (TPSA) is 47.3 Å². The molecule has 2 atom stereocenters. The van der Waals surface area contributed by atoms with Crippen LogP contribution in [-0.2, 0) is 11.3 Å². The van der Waals surface area contributed by atoms with Crippen molar-refractivity contribution in [2.45, 2.75) is 38.5 Å². The van der Waals surface area contributed by atoms with Gasteiger partial charge in [0.05, 0.1) is 12.6 Å². The van der Waals surface area contributed by atoms with Crippen molar-refractivity contribution in [1.29, 1.82) is 0 Å². The lowest BCUT2D eigenvalue weighted by molar-refractivity contribution is 0.183. The molecule has 0 heterocycles. The standard InChI is InChI=1S/C16H24N2O/c1-4-8-14(5-2)18-16(11-17)15-10-7-6-9-13(15)12-19-3/h2,6-7,9-10,14,16,18H,4,8,11-12,17H2,1,3H3. The lowest BCUT2D eigenvalue weighted by Crippen LogP contribution is -2.36. The molecule has 0 saturated carbocycles. The predicted octanol–water partition coefficient (Wildman–Crippen LogP) is 2.22. The summed E-state index contributed by atoms with van der Waals surface area (Å²) in [6, 6.07) is 8.31. The van der Waals surface area contributed by atoms with E-state index in [2.05, 4.69) is 30.3 Å². The fourth-order valence-corrected chi connectivity index (χ4v) is 2.19. The van der Waals surface area contributed by atoms with Crippen LogP contribution < -0.4 is 11.1 Å². The van der Waals surface area contributed by atoms with E-state index in [9.17, 15) is 0 Å². The number of nitrogens with one attached hydrogen (secondary N) is 1. The third-order valence-electron chi connectivity index (χ3n) is 3.15. The van der Waals surface area contributed by atoms with Crippen molar-refractivity contribution in [3.8, 4) is 12.3 Å². The second-order valence-electron chi connectivity index (χ2n) is 4.59. The molecule has 0 spiro atoms. The first-order valence-electron chi connectivity index (χ1n) is 6.75. The molecule has 1 aromatic carbocycles. The van der Waals surface area contributed by atoms with Crippen molar-refractivity contribution in [3.05, 3.63) is 35.4 Å². The fourth-order valence-electron chi connectivity index (χ4n) is 2.19. The van der Waals surface area contributed by atoms with E-state index in [-0.39, 0.29) is 12.1 Å². The number of nitrogens with two attached hydrogens (primary N) is 1. The molecule has 19 heavy (non-hydrogen) atoms. The van der Waals surface area contributed by atoms with Crippen molar-refractivity contribution in [2.75, 3.05) is 13.7 Å². The van der Waals surface area contributed by atoms with Crippen molar-refractivity contribution >= 4 is 0 Å². The Hall–Kier alpha value is -1.34. The summed E-state index contributed by atoms with van der Waals surface area (Å²) in [6.07, 6.45) is 7.57. The minimum atomic E-state index is 0.0640. The number of terminal acetylenes is 1. The van der Waals surface area contributed by atoms with E-state index in [1.807, 2.05) is 12.1 Å². The monoisotopic (exact) mass is 260 g/mol. The fraction of sp³-hybridized carbons (Fsp3) is 0.500. The molecule has 1 aromatic rings. The lowest BCUT2D eigenvalue weighted by atomic mass is 9.99. The first-order valence-corrected chi connectivity index (χ1v) is 6.75. The zero-order chi connectivity index (χ0) is 14.1. The quantitative estimate of drug-likeness (QED) is 0.705. The van der Waals surface area contributed by atoms with Crippen LogP contribution >= 0.6 is 0 Å². The van der Waals surface area contributed by atoms with Gasteiger partial charge in [-0.3, -0.25) is 5.32 Å². The van der Waals surface area contributed by atoms with Gasteiger partial charge in [-0.2, -0.15) is 0 Å². The predicted molar refractivity (Wildman–Crippen MR) is 79.6 cm³/mol. The van der Waals surface area contributed by atoms with Crippen LogP contribution in [-0.4, -0.2) is 19.7 Å². The van der Waals surface area contributed by atoms with Crippen LogP contribution in [0.2, 0.25) is 0 Å². The van der Waals surface area contributed by atoms with Gasteiger partial charge in [0.15, 0.2) is 0 Å². The summed E-state index contributed by atoms with van der Waals surface area (Å²) in [5, 5.41) is 3.45. The van der Waals surface area contributed by atoms with Crippen LogP contribution in [0.3, 0.4) is 0 Å². The van der Waals surface area contributed by atoms with E-state index >= 15 is 0 Å². The molecule has 0 saturated heterocycles. The molecule has 2 unspecified atom stereocenters. The molecule has 0 aliphatic heterocycles. The summed E-state index contributed by atoms with van der Waals surface area (Å²) in [5.74, 6) is 2.79. The van der Waals surface area contributed by atoms with Crippen LogP contribution in [0.4, 0.5) is 0 Å². The van der Waals surface area contributed by atoms with Crippen molar-refractivity contribution in [3.63, 3.8) is 0 Å². The van der Waals surface area contributed by atoms with E-state index in [0.29, 0.717) is 13.2 Å². The third kappa shape index (κ3) is 4.68. The Balaban J connectivity index is 2.87. The molecule has 0 amide bonds. The minimum absolute atomic E-state index is 0.0640. The molecule has 0 radical (unpaired) electrons. The Bertz CT molecular complexity index is 411. The van der Waals surface area contributed by atoms with Crippen LogP contribution in [0, 0.1) is 12.3 Å². The number of ether oxygens (including phenoxy) is 1. The summed E-state index contributed by atoms with van der Waals surface area (Å²) in [4.78, 5) is 0. The maximum Gasteiger partial charge on any atom is 0.0716 e. The molecule has 3 nitrogen and oxygen atoms in total. The Kier molecular flexibility index (Phi) is 7.20. The highest BCUT2D eigenvalue weighted by atomic mass is 16.5. The second-order valence-corrected chi connectivity index (χ2v) is 4.59. The van der Waals surface area contributed by atoms with Crippen LogP contribution in [0.15, 0.2) is 24.3 Å². The largest absolute Gasteiger partial charge is 0.380 e. The van der Waals surface area contributed by atoms with E-state index in [1.54, 1.807) is 7.11 Å². The number of benzene rings is 1. The molecule has 0 aliphatic carbocycles. The average molecular weight is 260 g/mol. The van der Waals surface area contributed by atoms with Gasteiger partial charge in [0.25, 0.3) is 0 Å². The van der Waals surface area contributed by atoms with Crippen LogP contribution in [0.25, 0.3) is 0 Å². The highest BCUT2D eigenvalue weighted by Gasteiger charge is 2.16. The normalized spacial score (nSPS) is 13.8. The number of methoxy groups -OCH3 is 1. The van der Waals surface area contributed by atoms with Gasteiger partial charge in [-0.15, -0.1) is 6.42 Å². The van der Waals surface area contributed by atoms with Gasteiger partial charge in [0.2, 0.25) is 0 Å². The van der Waals surface area contributed by atoms with Gasteiger partial charge in [0.1, 0.15) is 0 Å². The molecule has 0 bridgehead atoms. The number of hydrogen-bond acceptors (Lipinski definition) is 3. The van der Waals surface area contributed by atoms with Gasteiger partial charge in [-0.05, 0) is 17.5 Å². The van der Waals surface area contributed by atoms with Crippen LogP contribution in [0.1, 0.15) is 36.9 Å². The molecule has 1 rings (SSSR count). The lowest BCUT2D eigenvalue weighted by Gasteiger charge is -2.23. The van der Waals surface area contributed by atoms with Gasteiger partial charge < -0.3 is 10.5 Å². The van der Waals surface area contributed by atoms with Gasteiger partial charge in [-0.1, -0.05) is 43.5 Å². The zero-order valence-corrected chi connectivity index (χ0v) is 11.9. The molecular weight excluding hydrogens is 236 g/mol. The number of rotatable bonds is 8. The first kappa shape index (κ1) is 15.7. The van der Waals surface area contributed by atoms with Crippen LogP contribution in [0.5, 0.6) is 0 Å². The van der Waals surface area contributed by atoms with E-state index in [1.165, 1.54) is 5.56 Å². The Morgan fingerprint density at radius 2 is 2.16 bits per heavy atom. The molecular formula is C16H24N2O. The highest BCUT2D eigenvalue weighted by Crippen LogP contribution is 2.19. The van der Waals surface area contributed by atoms with Gasteiger partial charge in [-0.25, -0.2) is 0 Å². The molecule has 3 heteroatoms. The zero-order valence-electron chi connectivity index (χ0n) is 11.9. The highest BCUT2D eigenvalue weighted by molar-refractivity contribution is 5.30. The van der Waals surface area contributed by atoms with E-state index in [4.69, 9.17) is 16.9 Å². The van der Waals surface area contributed by atoms with Gasteiger partial charge >= 0.3 is 0 Å². The Morgan fingerprint density at radius 3 is 2.74 bits per heavy atom. The number of hydrogen-bond donors (Lipinski definition) is 2. The third-order valence-corrected chi connectivity index (χ3v) is 3.15. The summed E-state index contributed by atoms with van der Waals surface area (Å²) in [5.41, 5.74) is 8.22. The maximum atomic E-state index is 5.90. The summed E-state index contributed by atoms with van der Waals surface area (Å²) in [7, 11) is 1.70. The van der Waals surface area contributed by atoms with Crippen molar-refractivity contribution < 1.29 is 4.74 Å². The maximum absolute atomic E-state index is 5.90. The molecule has 3 N–H and O–H groups in total. The first-order chi connectivity index (χ1) is 9.26. The molecule has 0 aliphatic rings. The van der Waals surface area contributed by atoms with Crippen molar-refractivity contribution in [2.24, 2.45) is 5.73 Å². The Labute approximate surface area is 116 Å². The Morgan fingerprint density at radius 1 is 1.42 bits per heavy atom. The SMILES string of the molecule is C#CC(CCC)NC(CN)c1ccccc1COC. The summed E-state index contributed by atoms with van der Waals surface area (Å²) >= 11 is 0. The van der Waals surface area contributed by atoms with E-state index < -0.39 is 0 Å². The summed E-state index contributed by atoms with van der Waals surface area (Å²) < 4.78 is 5.23. The molecule has 0 aromatic heterocycles. The van der Waals surface area contributed by atoms with E-state index in [0.717, 1.165) is 18.4 Å². The smallest absolute Gasteiger partial charge is 0.0716 e. The molecule has 104 valence electrons. The minimum Gasteiger partial charge on any atom is -0.380 e.